The van der Waals surface area contributed by atoms with Crippen molar-refractivity contribution in [2.75, 3.05) is 19.5 Å². The lowest BCUT2D eigenvalue weighted by Gasteiger charge is -2.12. The number of hydrogen-bond donors (Lipinski definition) is 2. The molecule has 1 saturated carbocycles. The van der Waals surface area contributed by atoms with Crippen LogP contribution in [0.2, 0.25) is 0 Å². The van der Waals surface area contributed by atoms with Crippen LogP contribution in [0.4, 0.5) is 11.5 Å². The molecule has 0 aliphatic heterocycles. The van der Waals surface area contributed by atoms with E-state index < -0.39 is 0 Å². The quantitative estimate of drug-likeness (QED) is 0.839. The Hall–Kier alpha value is -2.83. The molecule has 0 radical (unpaired) electrons. The van der Waals surface area contributed by atoms with Crippen LogP contribution in [-0.4, -0.2) is 36.4 Å². The van der Waals surface area contributed by atoms with Gasteiger partial charge in [-0.05, 0) is 37.1 Å². The Morgan fingerprint density at radius 3 is 2.52 bits per heavy atom. The maximum Gasteiger partial charge on any atom is 0.272 e. The summed E-state index contributed by atoms with van der Waals surface area (Å²) in [4.78, 5) is 12.2. The minimum absolute atomic E-state index is 0.173. The van der Waals surface area contributed by atoms with E-state index in [0.29, 0.717) is 23.0 Å². The first-order valence-corrected chi connectivity index (χ1v) is 8.33. The average molecular weight is 342 g/mol. The second-order valence-electron chi connectivity index (χ2n) is 5.95. The molecular weight excluding hydrogens is 320 g/mol. The molecule has 2 N–H and O–H groups in total. The molecule has 0 atom stereocenters. The third-order valence-electron chi connectivity index (χ3n) is 4.26. The molecule has 0 saturated heterocycles. The molecule has 0 unspecified atom stereocenters. The molecule has 1 heterocycles. The number of carbonyl (C=O) groups is 1. The first-order chi connectivity index (χ1) is 12.2. The second-order valence-corrected chi connectivity index (χ2v) is 5.95. The van der Waals surface area contributed by atoms with Crippen molar-refractivity contribution in [2.45, 2.75) is 31.7 Å². The molecule has 0 spiro atoms. The van der Waals surface area contributed by atoms with Crippen molar-refractivity contribution in [1.82, 2.24) is 15.5 Å². The van der Waals surface area contributed by atoms with Crippen LogP contribution in [0.1, 0.15) is 36.2 Å². The van der Waals surface area contributed by atoms with E-state index >= 15 is 0 Å². The minimum Gasteiger partial charge on any atom is -0.497 e. The highest BCUT2D eigenvalue weighted by atomic mass is 16.5. The molecule has 1 fully saturated rings. The van der Waals surface area contributed by atoms with Gasteiger partial charge in [0.2, 0.25) is 0 Å². The van der Waals surface area contributed by atoms with Gasteiger partial charge in [-0.2, -0.15) is 0 Å². The van der Waals surface area contributed by atoms with Crippen molar-refractivity contribution < 1.29 is 14.3 Å². The molecule has 3 rings (SSSR count). The van der Waals surface area contributed by atoms with Gasteiger partial charge in [-0.1, -0.05) is 12.8 Å². The monoisotopic (exact) mass is 342 g/mol. The molecule has 1 aliphatic rings. The van der Waals surface area contributed by atoms with Crippen molar-refractivity contribution in [3.8, 4) is 11.5 Å². The molecule has 25 heavy (non-hydrogen) atoms. The van der Waals surface area contributed by atoms with Crippen LogP contribution in [0.15, 0.2) is 30.3 Å². The Kier molecular flexibility index (Phi) is 5.33. The summed E-state index contributed by atoms with van der Waals surface area (Å²) in [5.41, 5.74) is 1.06. The third kappa shape index (κ3) is 4.17. The molecule has 1 aliphatic carbocycles. The number of anilines is 2. The Labute approximate surface area is 146 Å². The number of nitrogens with zero attached hydrogens (tertiary/aromatic N) is 2. The third-order valence-corrected chi connectivity index (χ3v) is 4.26. The summed E-state index contributed by atoms with van der Waals surface area (Å²) in [6.07, 6.45) is 4.42. The summed E-state index contributed by atoms with van der Waals surface area (Å²) in [5, 5.41) is 14.2. The molecular formula is C18H22N4O3. The highest BCUT2D eigenvalue weighted by Gasteiger charge is 2.18. The van der Waals surface area contributed by atoms with Crippen molar-refractivity contribution in [2.24, 2.45) is 0 Å². The Balaban J connectivity index is 1.67. The molecule has 7 heteroatoms. The van der Waals surface area contributed by atoms with Gasteiger partial charge < -0.3 is 20.1 Å². The van der Waals surface area contributed by atoms with E-state index in [1.54, 1.807) is 32.4 Å². The highest BCUT2D eigenvalue weighted by Crippen LogP contribution is 2.30. The highest BCUT2D eigenvalue weighted by molar-refractivity contribution is 5.92. The SMILES string of the molecule is COc1ccc(Nc2ccc(C(=O)NC3CCCC3)nn2)c(OC)c1. The lowest BCUT2D eigenvalue weighted by atomic mass is 10.2. The molecule has 2 aromatic rings. The fourth-order valence-corrected chi connectivity index (χ4v) is 2.89. The largest absolute Gasteiger partial charge is 0.497 e. The van der Waals surface area contributed by atoms with E-state index in [1.807, 2.05) is 12.1 Å². The number of carbonyl (C=O) groups excluding carboxylic acids is 1. The van der Waals surface area contributed by atoms with E-state index in [2.05, 4.69) is 20.8 Å². The second kappa shape index (κ2) is 7.83. The molecule has 1 aromatic carbocycles. The summed E-state index contributed by atoms with van der Waals surface area (Å²) in [6, 6.07) is 9.08. The first-order valence-electron chi connectivity index (χ1n) is 8.33. The van der Waals surface area contributed by atoms with Crippen LogP contribution in [0.25, 0.3) is 0 Å². The number of amides is 1. The fourth-order valence-electron chi connectivity index (χ4n) is 2.89. The van der Waals surface area contributed by atoms with Gasteiger partial charge in [-0.15, -0.1) is 10.2 Å². The zero-order valence-corrected chi connectivity index (χ0v) is 14.4. The van der Waals surface area contributed by atoms with Crippen LogP contribution in [0, 0.1) is 0 Å². The maximum absolute atomic E-state index is 12.2. The van der Waals surface area contributed by atoms with Gasteiger partial charge in [0.15, 0.2) is 11.5 Å². The van der Waals surface area contributed by atoms with Crippen LogP contribution in [0.5, 0.6) is 11.5 Å². The van der Waals surface area contributed by atoms with E-state index in [-0.39, 0.29) is 11.9 Å². The van der Waals surface area contributed by atoms with Crippen LogP contribution in [-0.2, 0) is 0 Å². The zero-order chi connectivity index (χ0) is 17.6. The number of methoxy groups -OCH3 is 2. The van der Waals surface area contributed by atoms with Crippen LogP contribution < -0.4 is 20.1 Å². The van der Waals surface area contributed by atoms with Crippen LogP contribution in [0.3, 0.4) is 0 Å². The Bertz CT molecular complexity index is 728. The maximum atomic E-state index is 12.2. The normalized spacial score (nSPS) is 14.2. The predicted molar refractivity (Wildman–Crippen MR) is 94.6 cm³/mol. The molecule has 7 nitrogen and oxygen atoms in total. The van der Waals surface area contributed by atoms with Crippen LogP contribution >= 0.6 is 0 Å². The number of rotatable bonds is 6. The average Bonchev–Trinajstić information content (AvgIpc) is 3.15. The molecule has 132 valence electrons. The van der Waals surface area contributed by atoms with Gasteiger partial charge in [0.1, 0.15) is 11.5 Å². The van der Waals surface area contributed by atoms with Gasteiger partial charge in [-0.3, -0.25) is 4.79 Å². The van der Waals surface area contributed by atoms with E-state index in [4.69, 9.17) is 9.47 Å². The number of aromatic nitrogens is 2. The summed E-state index contributed by atoms with van der Waals surface area (Å²) < 4.78 is 10.5. The van der Waals surface area contributed by atoms with Gasteiger partial charge in [0.05, 0.1) is 19.9 Å². The Morgan fingerprint density at radius 2 is 1.88 bits per heavy atom. The fraction of sp³-hybridized carbons (Fsp3) is 0.389. The smallest absolute Gasteiger partial charge is 0.272 e. The lowest BCUT2D eigenvalue weighted by molar-refractivity contribution is 0.0932. The van der Waals surface area contributed by atoms with Crippen molar-refractivity contribution in [1.29, 1.82) is 0 Å². The number of hydrogen-bond acceptors (Lipinski definition) is 6. The van der Waals surface area contributed by atoms with E-state index in [0.717, 1.165) is 18.5 Å². The van der Waals surface area contributed by atoms with Gasteiger partial charge in [0.25, 0.3) is 5.91 Å². The van der Waals surface area contributed by atoms with Gasteiger partial charge in [0, 0.05) is 12.1 Å². The number of benzene rings is 1. The summed E-state index contributed by atoms with van der Waals surface area (Å²) in [5.74, 6) is 1.69. The number of nitrogens with one attached hydrogen (secondary N) is 2. The van der Waals surface area contributed by atoms with Gasteiger partial charge in [-0.25, -0.2) is 0 Å². The van der Waals surface area contributed by atoms with Crippen molar-refractivity contribution >= 4 is 17.4 Å². The Morgan fingerprint density at radius 1 is 1.08 bits per heavy atom. The first kappa shape index (κ1) is 17.0. The molecule has 1 amide bonds. The summed E-state index contributed by atoms with van der Waals surface area (Å²) in [6.45, 7) is 0. The van der Waals surface area contributed by atoms with Gasteiger partial charge >= 0.3 is 0 Å². The topological polar surface area (TPSA) is 85.4 Å². The predicted octanol–water partition coefficient (Wildman–Crippen LogP) is 2.91. The van der Waals surface area contributed by atoms with E-state index in [9.17, 15) is 4.79 Å². The van der Waals surface area contributed by atoms with Crippen molar-refractivity contribution in [3.05, 3.63) is 36.0 Å². The van der Waals surface area contributed by atoms with Crippen molar-refractivity contribution in [3.63, 3.8) is 0 Å². The molecule has 1 aromatic heterocycles. The minimum atomic E-state index is -0.173. The molecule has 0 bridgehead atoms. The summed E-state index contributed by atoms with van der Waals surface area (Å²) >= 11 is 0. The van der Waals surface area contributed by atoms with E-state index in [1.165, 1.54) is 12.8 Å². The number of ether oxygens (including phenoxy) is 2. The standard InChI is InChI=1S/C18H22N4O3/c1-24-13-7-8-14(16(11-13)25-2)20-17-10-9-15(21-22-17)18(23)19-12-5-3-4-6-12/h7-12H,3-6H2,1-2H3,(H,19,23)(H,20,22). The summed E-state index contributed by atoms with van der Waals surface area (Å²) in [7, 11) is 3.19. The lowest BCUT2D eigenvalue weighted by Crippen LogP contribution is -2.33. The zero-order valence-electron chi connectivity index (χ0n) is 14.4.